The number of hydrogen-bond acceptors (Lipinski definition) is 3. The van der Waals surface area contributed by atoms with Crippen LogP contribution in [0.5, 0.6) is 0 Å². The fourth-order valence-corrected chi connectivity index (χ4v) is 1.53. The molecule has 1 heterocycles. The van der Waals surface area contributed by atoms with E-state index in [-0.39, 0.29) is 36.3 Å². The zero-order chi connectivity index (χ0) is 12.1. The van der Waals surface area contributed by atoms with Gasteiger partial charge in [-0.2, -0.15) is 0 Å². The molecule has 1 fully saturated rings. The van der Waals surface area contributed by atoms with Gasteiger partial charge in [0.1, 0.15) is 0 Å². The summed E-state index contributed by atoms with van der Waals surface area (Å²) in [5.74, 6) is 0.763. The topological polar surface area (TPSA) is 74.0 Å². The van der Waals surface area contributed by atoms with Crippen molar-refractivity contribution < 1.29 is 4.79 Å². The van der Waals surface area contributed by atoms with Gasteiger partial charge in [0.05, 0.1) is 6.54 Å². The average molecular weight is 308 g/mol. The molecule has 1 aliphatic rings. The molecule has 3 N–H and O–H groups in total. The highest BCUT2D eigenvalue weighted by atomic mass is 35.5. The first-order valence-corrected chi connectivity index (χ1v) is 5.89. The molecule has 0 unspecified atom stereocenters. The first kappa shape index (κ1) is 18.0. The van der Waals surface area contributed by atoms with Gasteiger partial charge in [-0.25, -0.2) is 0 Å². The van der Waals surface area contributed by atoms with E-state index in [0.717, 1.165) is 18.0 Å². The molecule has 1 amide bonds. The van der Waals surface area contributed by atoms with E-state index in [1.165, 1.54) is 18.9 Å². The van der Waals surface area contributed by atoms with E-state index in [1.54, 1.807) is 12.3 Å². The molecule has 1 aliphatic carbocycles. The maximum absolute atomic E-state index is 11.4. The second kappa shape index (κ2) is 8.96. The highest BCUT2D eigenvalue weighted by Crippen LogP contribution is 2.27. The van der Waals surface area contributed by atoms with Gasteiger partial charge >= 0.3 is 0 Å². The normalized spacial score (nSPS) is 13.1. The molecule has 0 spiro atoms. The number of halogens is 2. The van der Waals surface area contributed by atoms with Crippen LogP contribution in [-0.2, 0) is 11.3 Å². The second-order valence-corrected chi connectivity index (χ2v) is 4.41. The number of aromatic amines is 1. The summed E-state index contributed by atoms with van der Waals surface area (Å²) in [6.07, 6.45) is 4.18. The third-order valence-corrected chi connectivity index (χ3v) is 2.75. The molecule has 0 atom stereocenters. The third kappa shape index (κ3) is 7.20. The molecule has 0 saturated heterocycles. The number of amides is 1. The molecular formula is C12H19Cl2N3O2. The van der Waals surface area contributed by atoms with Gasteiger partial charge in [0, 0.05) is 18.8 Å². The Kier molecular flexibility index (Phi) is 8.47. The summed E-state index contributed by atoms with van der Waals surface area (Å²) < 4.78 is 0. The molecule has 108 valence electrons. The highest BCUT2D eigenvalue weighted by Gasteiger charge is 2.20. The SMILES string of the molecule is Cl.Cl.O=C(CNCC1CC1)NCc1ccc(=O)[nH]c1. The minimum Gasteiger partial charge on any atom is -0.351 e. The van der Waals surface area contributed by atoms with Crippen molar-refractivity contribution in [2.45, 2.75) is 19.4 Å². The van der Waals surface area contributed by atoms with Crippen LogP contribution in [-0.4, -0.2) is 24.0 Å². The molecule has 7 heteroatoms. The van der Waals surface area contributed by atoms with Crippen LogP contribution in [0.1, 0.15) is 18.4 Å². The Balaban J connectivity index is 0.00000162. The van der Waals surface area contributed by atoms with Crippen molar-refractivity contribution in [3.05, 3.63) is 34.2 Å². The highest BCUT2D eigenvalue weighted by molar-refractivity contribution is 5.85. The van der Waals surface area contributed by atoms with E-state index in [9.17, 15) is 9.59 Å². The zero-order valence-electron chi connectivity index (χ0n) is 10.5. The molecule has 0 aliphatic heterocycles. The fourth-order valence-electron chi connectivity index (χ4n) is 1.53. The van der Waals surface area contributed by atoms with Crippen LogP contribution in [0.2, 0.25) is 0 Å². The number of pyridine rings is 1. The Morgan fingerprint density at radius 3 is 2.63 bits per heavy atom. The second-order valence-electron chi connectivity index (χ2n) is 4.41. The summed E-state index contributed by atoms with van der Waals surface area (Å²) in [6.45, 7) is 1.74. The number of aromatic nitrogens is 1. The van der Waals surface area contributed by atoms with E-state index in [2.05, 4.69) is 15.6 Å². The summed E-state index contributed by atoms with van der Waals surface area (Å²) in [6, 6.07) is 3.16. The minimum atomic E-state index is -0.133. The van der Waals surface area contributed by atoms with Crippen molar-refractivity contribution in [1.82, 2.24) is 15.6 Å². The minimum absolute atomic E-state index is 0. The molecule has 1 aromatic heterocycles. The summed E-state index contributed by atoms with van der Waals surface area (Å²) in [4.78, 5) is 24.8. The monoisotopic (exact) mass is 307 g/mol. The number of rotatable bonds is 6. The van der Waals surface area contributed by atoms with E-state index in [4.69, 9.17) is 0 Å². The lowest BCUT2D eigenvalue weighted by Crippen LogP contribution is -2.34. The van der Waals surface area contributed by atoms with Crippen LogP contribution in [0, 0.1) is 5.92 Å². The summed E-state index contributed by atoms with van der Waals surface area (Å²) in [7, 11) is 0. The molecule has 1 saturated carbocycles. The number of hydrogen-bond donors (Lipinski definition) is 3. The Morgan fingerprint density at radius 1 is 1.32 bits per heavy atom. The molecular weight excluding hydrogens is 289 g/mol. The van der Waals surface area contributed by atoms with E-state index in [1.807, 2.05) is 0 Å². The molecule has 2 rings (SSSR count). The molecule has 0 radical (unpaired) electrons. The van der Waals surface area contributed by atoms with Crippen LogP contribution in [0.25, 0.3) is 0 Å². The average Bonchev–Trinajstić information content (AvgIpc) is 3.12. The molecule has 0 bridgehead atoms. The van der Waals surface area contributed by atoms with Gasteiger partial charge in [-0.15, -0.1) is 24.8 Å². The maximum Gasteiger partial charge on any atom is 0.247 e. The van der Waals surface area contributed by atoms with E-state index < -0.39 is 0 Å². The lowest BCUT2D eigenvalue weighted by atomic mass is 10.3. The number of carbonyl (C=O) groups is 1. The summed E-state index contributed by atoms with van der Waals surface area (Å²) in [5, 5.41) is 5.91. The first-order chi connectivity index (χ1) is 8.24. The van der Waals surface area contributed by atoms with Gasteiger partial charge in [0.2, 0.25) is 11.5 Å². The predicted molar refractivity (Wildman–Crippen MR) is 79.0 cm³/mol. The van der Waals surface area contributed by atoms with Gasteiger partial charge in [-0.1, -0.05) is 6.07 Å². The molecule has 0 aromatic carbocycles. The van der Waals surface area contributed by atoms with Crippen LogP contribution < -0.4 is 16.2 Å². The standard InChI is InChI=1S/C12H17N3O2.2ClH/c16-11-4-3-10(6-14-11)7-15-12(17)8-13-5-9-1-2-9;;/h3-4,6,9,13H,1-2,5,7-8H2,(H,14,16)(H,15,17);2*1H. The Hall–Kier alpha value is -1.04. The maximum atomic E-state index is 11.4. The Labute approximate surface area is 124 Å². The molecule has 19 heavy (non-hydrogen) atoms. The first-order valence-electron chi connectivity index (χ1n) is 5.89. The van der Waals surface area contributed by atoms with Crippen LogP contribution in [0.15, 0.2) is 23.1 Å². The fraction of sp³-hybridized carbons (Fsp3) is 0.500. The lowest BCUT2D eigenvalue weighted by molar-refractivity contribution is -0.120. The quantitative estimate of drug-likeness (QED) is 0.729. The van der Waals surface area contributed by atoms with E-state index in [0.29, 0.717) is 13.1 Å². The van der Waals surface area contributed by atoms with Gasteiger partial charge in [-0.05, 0) is 30.9 Å². The zero-order valence-corrected chi connectivity index (χ0v) is 12.1. The summed E-state index contributed by atoms with van der Waals surface area (Å²) in [5.41, 5.74) is 0.756. The predicted octanol–water partition coefficient (Wildman–Crippen LogP) is 0.834. The Bertz CT molecular complexity index is 426. The van der Waals surface area contributed by atoms with Crippen molar-refractivity contribution in [2.24, 2.45) is 5.92 Å². The van der Waals surface area contributed by atoms with Crippen molar-refractivity contribution in [3.8, 4) is 0 Å². The lowest BCUT2D eigenvalue weighted by Gasteiger charge is -2.06. The van der Waals surface area contributed by atoms with Crippen molar-refractivity contribution in [1.29, 1.82) is 0 Å². The van der Waals surface area contributed by atoms with Gasteiger partial charge in [0.15, 0.2) is 0 Å². The number of H-pyrrole nitrogens is 1. The van der Waals surface area contributed by atoms with Gasteiger partial charge in [-0.3, -0.25) is 9.59 Å². The van der Waals surface area contributed by atoms with Crippen LogP contribution in [0.3, 0.4) is 0 Å². The van der Waals surface area contributed by atoms with Crippen molar-refractivity contribution in [2.75, 3.05) is 13.1 Å². The third-order valence-electron chi connectivity index (χ3n) is 2.75. The van der Waals surface area contributed by atoms with Gasteiger partial charge < -0.3 is 15.6 Å². The van der Waals surface area contributed by atoms with Crippen molar-refractivity contribution >= 4 is 30.7 Å². The number of carbonyl (C=O) groups excluding carboxylic acids is 1. The largest absolute Gasteiger partial charge is 0.351 e. The van der Waals surface area contributed by atoms with E-state index >= 15 is 0 Å². The van der Waals surface area contributed by atoms with Crippen LogP contribution in [0.4, 0.5) is 0 Å². The van der Waals surface area contributed by atoms with Crippen LogP contribution >= 0.6 is 24.8 Å². The Morgan fingerprint density at radius 2 is 2.05 bits per heavy atom. The van der Waals surface area contributed by atoms with Crippen molar-refractivity contribution in [3.63, 3.8) is 0 Å². The molecule has 1 aromatic rings. The smallest absolute Gasteiger partial charge is 0.247 e. The number of nitrogens with one attached hydrogen (secondary N) is 3. The van der Waals surface area contributed by atoms with Gasteiger partial charge in [0.25, 0.3) is 0 Å². The molecule has 5 nitrogen and oxygen atoms in total. The summed E-state index contributed by atoms with van der Waals surface area (Å²) >= 11 is 0.